The van der Waals surface area contributed by atoms with E-state index in [-0.39, 0.29) is 23.7 Å². The molecule has 0 saturated carbocycles. The first-order chi connectivity index (χ1) is 11.1. The molecule has 0 bridgehead atoms. The van der Waals surface area contributed by atoms with Gasteiger partial charge in [0.25, 0.3) is 0 Å². The van der Waals surface area contributed by atoms with Gasteiger partial charge < -0.3 is 10.3 Å². The van der Waals surface area contributed by atoms with Gasteiger partial charge in [0.1, 0.15) is 17.9 Å². The summed E-state index contributed by atoms with van der Waals surface area (Å²) in [7, 11) is 0. The fourth-order valence-corrected chi connectivity index (χ4v) is 2.99. The van der Waals surface area contributed by atoms with Crippen molar-refractivity contribution in [3.8, 4) is 0 Å². The van der Waals surface area contributed by atoms with Crippen LogP contribution in [-0.2, 0) is 0 Å². The molecule has 1 aromatic heterocycles. The fourth-order valence-electron chi connectivity index (χ4n) is 2.99. The van der Waals surface area contributed by atoms with Crippen molar-refractivity contribution < 1.29 is 14.5 Å². The number of carbonyl (C=O) groups is 1. The van der Waals surface area contributed by atoms with Crippen molar-refractivity contribution in [2.45, 2.75) is 25.9 Å². The summed E-state index contributed by atoms with van der Waals surface area (Å²) in [6.07, 6.45) is 1.76. The normalized spacial score (nSPS) is 13.9. The number of nitrogens with one attached hydrogen (secondary N) is 1. The van der Waals surface area contributed by atoms with Gasteiger partial charge in [0.05, 0.1) is 0 Å². The van der Waals surface area contributed by atoms with Gasteiger partial charge in [-0.15, -0.1) is 0 Å². The number of aromatic nitrogens is 1. The number of benzene rings is 2. The van der Waals surface area contributed by atoms with Gasteiger partial charge in [0, 0.05) is 28.2 Å². The topological polar surface area (TPSA) is 49.5 Å². The molecule has 0 amide bonds. The molecule has 3 rings (SSSR count). The number of quaternary nitrogens is 1. The third kappa shape index (κ3) is 3.03. The molecule has 118 valence electrons. The lowest BCUT2D eigenvalue weighted by atomic mass is 10.0. The minimum atomic E-state index is -0.288. The van der Waals surface area contributed by atoms with Gasteiger partial charge >= 0.3 is 0 Å². The first kappa shape index (κ1) is 15.4. The van der Waals surface area contributed by atoms with Crippen molar-refractivity contribution >= 4 is 16.7 Å². The maximum atomic E-state index is 13.9. The summed E-state index contributed by atoms with van der Waals surface area (Å²) in [6, 6.07) is 14.0. The lowest BCUT2D eigenvalue weighted by Gasteiger charge is -2.16. The molecular formula is C19H20FN2O+. The molecule has 0 unspecified atom stereocenters. The molecule has 0 spiro atoms. The number of carbonyl (C=O) groups excluding carboxylic acids is 1. The molecule has 1 heterocycles. The minimum Gasteiger partial charge on any atom is -0.360 e. The zero-order chi connectivity index (χ0) is 16.4. The van der Waals surface area contributed by atoms with E-state index in [1.54, 1.807) is 18.3 Å². The largest absolute Gasteiger partial charge is 0.360 e. The van der Waals surface area contributed by atoms with Crippen molar-refractivity contribution in [1.29, 1.82) is 0 Å². The van der Waals surface area contributed by atoms with E-state index < -0.39 is 0 Å². The molecule has 0 saturated heterocycles. The molecule has 3 aromatic rings. The number of hydrogen-bond donors (Lipinski definition) is 2. The smallest absolute Gasteiger partial charge is 0.221 e. The van der Waals surface area contributed by atoms with Crippen LogP contribution in [0.25, 0.3) is 10.9 Å². The van der Waals surface area contributed by atoms with Gasteiger partial charge in [-0.2, -0.15) is 0 Å². The second-order valence-corrected chi connectivity index (χ2v) is 5.90. The molecule has 3 N–H and O–H groups in total. The van der Waals surface area contributed by atoms with E-state index in [2.05, 4.69) is 4.98 Å². The van der Waals surface area contributed by atoms with E-state index in [4.69, 9.17) is 0 Å². The van der Waals surface area contributed by atoms with Crippen LogP contribution in [0, 0.1) is 5.82 Å². The standard InChI is InChI=1S/C19H19FN2O/c1-12(14-7-3-5-9-17(14)20)22-13(2)19(23)16-11-21-18-10-6-4-8-15(16)18/h3-13,21-22H,1-2H3/p+1/t12-,13+/m1/s1. The molecule has 0 aliphatic carbocycles. The lowest BCUT2D eigenvalue weighted by molar-refractivity contribution is -0.709. The van der Waals surface area contributed by atoms with Gasteiger partial charge in [0.2, 0.25) is 5.78 Å². The predicted molar refractivity (Wildman–Crippen MR) is 88.8 cm³/mol. The average molecular weight is 311 g/mol. The Morgan fingerprint density at radius 2 is 1.78 bits per heavy atom. The minimum absolute atomic E-state index is 0.0469. The number of hydrogen-bond acceptors (Lipinski definition) is 1. The molecule has 2 atom stereocenters. The average Bonchev–Trinajstić information content (AvgIpc) is 2.98. The number of aromatic amines is 1. The number of rotatable bonds is 5. The SMILES string of the molecule is C[C@H]([NH2+][C@H](C)c1ccccc1F)C(=O)c1c[nH]c2ccccc12. The van der Waals surface area contributed by atoms with Crippen LogP contribution in [0.5, 0.6) is 0 Å². The van der Waals surface area contributed by atoms with E-state index in [1.807, 2.05) is 49.5 Å². The maximum Gasteiger partial charge on any atom is 0.221 e. The van der Waals surface area contributed by atoms with Crippen LogP contribution in [0.4, 0.5) is 4.39 Å². The van der Waals surface area contributed by atoms with E-state index in [1.165, 1.54) is 6.07 Å². The Labute approximate surface area is 134 Å². The monoisotopic (exact) mass is 311 g/mol. The number of ketones is 1. The number of halogens is 1. The molecule has 3 nitrogen and oxygen atoms in total. The quantitative estimate of drug-likeness (QED) is 0.699. The third-order valence-corrected chi connectivity index (χ3v) is 4.24. The van der Waals surface area contributed by atoms with Crippen LogP contribution in [0.2, 0.25) is 0 Å². The highest BCUT2D eigenvalue weighted by molar-refractivity contribution is 6.09. The predicted octanol–water partition coefficient (Wildman–Crippen LogP) is 3.20. The van der Waals surface area contributed by atoms with Gasteiger partial charge in [-0.1, -0.05) is 36.4 Å². The second-order valence-electron chi connectivity index (χ2n) is 5.90. The molecule has 2 aromatic carbocycles. The number of H-pyrrole nitrogens is 1. The zero-order valence-electron chi connectivity index (χ0n) is 13.2. The van der Waals surface area contributed by atoms with Crippen molar-refractivity contribution in [3.05, 3.63) is 71.7 Å². The molecule has 4 heteroatoms. The fraction of sp³-hybridized carbons (Fsp3) is 0.211. The highest BCUT2D eigenvalue weighted by Gasteiger charge is 2.24. The van der Waals surface area contributed by atoms with Crippen molar-refractivity contribution in [1.82, 2.24) is 4.98 Å². The summed E-state index contributed by atoms with van der Waals surface area (Å²) in [5.74, 6) is -0.186. The number of fused-ring (bicyclic) bond motifs is 1. The van der Waals surface area contributed by atoms with Crippen molar-refractivity contribution in [2.24, 2.45) is 0 Å². The first-order valence-corrected chi connectivity index (χ1v) is 7.77. The zero-order valence-corrected chi connectivity index (χ0v) is 13.2. The van der Waals surface area contributed by atoms with E-state index in [0.29, 0.717) is 11.1 Å². The van der Waals surface area contributed by atoms with Crippen LogP contribution >= 0.6 is 0 Å². The van der Waals surface area contributed by atoms with Gasteiger partial charge in [-0.05, 0) is 26.0 Å². The molecule has 23 heavy (non-hydrogen) atoms. The Bertz CT molecular complexity index is 840. The summed E-state index contributed by atoms with van der Waals surface area (Å²) < 4.78 is 13.9. The lowest BCUT2D eigenvalue weighted by Crippen LogP contribution is -2.91. The Morgan fingerprint density at radius 1 is 1.09 bits per heavy atom. The van der Waals surface area contributed by atoms with Crippen LogP contribution in [0.1, 0.15) is 35.8 Å². The molecular weight excluding hydrogens is 291 g/mol. The summed E-state index contributed by atoms with van der Waals surface area (Å²) in [6.45, 7) is 3.78. The molecule has 0 aliphatic heterocycles. The number of para-hydroxylation sites is 1. The van der Waals surface area contributed by atoms with Crippen molar-refractivity contribution in [2.75, 3.05) is 0 Å². The third-order valence-electron chi connectivity index (χ3n) is 4.24. The van der Waals surface area contributed by atoms with Crippen LogP contribution in [0.15, 0.2) is 54.7 Å². The van der Waals surface area contributed by atoms with Crippen LogP contribution in [0.3, 0.4) is 0 Å². The molecule has 0 fully saturated rings. The number of nitrogens with two attached hydrogens (primary N) is 1. The first-order valence-electron chi connectivity index (χ1n) is 7.77. The van der Waals surface area contributed by atoms with Gasteiger partial charge in [0.15, 0.2) is 0 Å². The Morgan fingerprint density at radius 3 is 2.57 bits per heavy atom. The van der Waals surface area contributed by atoms with Gasteiger partial charge in [-0.3, -0.25) is 4.79 Å². The number of Topliss-reactive ketones (excluding diaryl/α,β-unsaturated/α-hetero) is 1. The maximum absolute atomic E-state index is 13.9. The Balaban J connectivity index is 1.79. The summed E-state index contributed by atoms with van der Waals surface area (Å²) in [4.78, 5) is 15.8. The highest BCUT2D eigenvalue weighted by Crippen LogP contribution is 2.19. The Kier molecular flexibility index (Phi) is 4.26. The second kappa shape index (κ2) is 6.34. The van der Waals surface area contributed by atoms with Crippen LogP contribution in [-0.4, -0.2) is 16.8 Å². The molecule has 0 radical (unpaired) electrons. The van der Waals surface area contributed by atoms with E-state index in [9.17, 15) is 9.18 Å². The van der Waals surface area contributed by atoms with E-state index in [0.717, 1.165) is 10.9 Å². The summed E-state index contributed by atoms with van der Waals surface area (Å²) in [5.41, 5.74) is 2.25. The summed E-state index contributed by atoms with van der Waals surface area (Å²) in [5, 5.41) is 2.83. The summed E-state index contributed by atoms with van der Waals surface area (Å²) >= 11 is 0. The van der Waals surface area contributed by atoms with E-state index >= 15 is 0 Å². The van der Waals surface area contributed by atoms with Crippen LogP contribution < -0.4 is 5.32 Å². The van der Waals surface area contributed by atoms with Crippen molar-refractivity contribution in [3.63, 3.8) is 0 Å². The molecule has 0 aliphatic rings. The highest BCUT2D eigenvalue weighted by atomic mass is 19.1. The Hall–Kier alpha value is -2.46. The van der Waals surface area contributed by atoms with Gasteiger partial charge in [-0.25, -0.2) is 4.39 Å².